The molecule has 3 heterocycles. The number of nitrogens with zero attached hydrogens (tertiary/aromatic N) is 6. The summed E-state index contributed by atoms with van der Waals surface area (Å²) in [5, 5.41) is 4.39. The molecule has 0 amide bonds. The van der Waals surface area contributed by atoms with Crippen LogP contribution in [0.3, 0.4) is 0 Å². The van der Waals surface area contributed by atoms with Crippen LogP contribution < -0.4 is 0 Å². The molecule has 3 aromatic rings. The number of imidazole rings is 1. The van der Waals surface area contributed by atoms with Crippen LogP contribution in [0.2, 0.25) is 0 Å². The van der Waals surface area contributed by atoms with Gasteiger partial charge in [-0.25, -0.2) is 14.6 Å². The van der Waals surface area contributed by atoms with Gasteiger partial charge in [0.25, 0.3) is 0 Å². The van der Waals surface area contributed by atoms with E-state index in [0.29, 0.717) is 5.92 Å². The van der Waals surface area contributed by atoms with Gasteiger partial charge in [-0.2, -0.15) is 5.10 Å². The Morgan fingerprint density at radius 3 is 2.82 bits per heavy atom. The number of aromatic nitrogens is 5. The van der Waals surface area contributed by atoms with Gasteiger partial charge < -0.3 is 14.2 Å². The highest BCUT2D eigenvalue weighted by atomic mass is 16.5. The van der Waals surface area contributed by atoms with Crippen LogP contribution in [0.5, 0.6) is 0 Å². The molecular weight excluding hydrogens is 352 g/mol. The van der Waals surface area contributed by atoms with Crippen LogP contribution in [0.25, 0.3) is 22.8 Å². The molecule has 0 bridgehead atoms. The van der Waals surface area contributed by atoms with Crippen LogP contribution in [0, 0.1) is 5.92 Å². The summed E-state index contributed by atoms with van der Waals surface area (Å²) in [6, 6.07) is 10.3. The van der Waals surface area contributed by atoms with Gasteiger partial charge in [0.05, 0.1) is 18.6 Å². The van der Waals surface area contributed by atoms with Gasteiger partial charge in [0, 0.05) is 38.9 Å². The Hall–Kier alpha value is -2.51. The van der Waals surface area contributed by atoms with Crippen molar-refractivity contribution in [2.24, 2.45) is 5.92 Å². The third kappa shape index (κ3) is 3.86. The number of methoxy groups -OCH3 is 1. The van der Waals surface area contributed by atoms with Crippen molar-refractivity contribution in [3.8, 4) is 22.8 Å². The molecule has 0 unspecified atom stereocenters. The fourth-order valence-electron chi connectivity index (χ4n) is 4.00. The molecule has 0 saturated carbocycles. The zero-order valence-electron chi connectivity index (χ0n) is 16.7. The highest BCUT2D eigenvalue weighted by Gasteiger charge is 2.26. The van der Waals surface area contributed by atoms with Gasteiger partial charge >= 0.3 is 0 Å². The minimum absolute atomic E-state index is 0.603. The molecule has 1 atom stereocenters. The van der Waals surface area contributed by atoms with Gasteiger partial charge in [0.1, 0.15) is 12.0 Å². The van der Waals surface area contributed by atoms with Gasteiger partial charge in [0.2, 0.25) is 0 Å². The van der Waals surface area contributed by atoms with Gasteiger partial charge in [-0.3, -0.25) is 0 Å². The Balaban J connectivity index is 1.64. The van der Waals surface area contributed by atoms with Crippen LogP contribution in [0.4, 0.5) is 0 Å². The van der Waals surface area contributed by atoms with Gasteiger partial charge in [-0.15, -0.1) is 0 Å². The zero-order valence-corrected chi connectivity index (χ0v) is 16.7. The van der Waals surface area contributed by atoms with Crippen LogP contribution in [-0.4, -0.2) is 62.6 Å². The second-order valence-corrected chi connectivity index (χ2v) is 7.31. The van der Waals surface area contributed by atoms with Crippen molar-refractivity contribution < 1.29 is 4.74 Å². The molecule has 0 N–H and O–H groups in total. The lowest BCUT2D eigenvalue weighted by Gasteiger charge is -2.17. The molecule has 148 valence electrons. The standard InChI is InChI=1S/C21H28N6O/c1-3-27-21(22-15-24-27)20-19(18-7-5-4-6-8-18)23-16-26(20)14-17-9-10-25(13-17)11-12-28-2/h4-8,15-17H,3,9-14H2,1-2H3/t17-/m0/s1. The number of rotatable bonds is 8. The fourth-order valence-corrected chi connectivity index (χ4v) is 4.00. The minimum atomic E-state index is 0.603. The molecule has 7 heteroatoms. The topological polar surface area (TPSA) is 61.0 Å². The molecule has 28 heavy (non-hydrogen) atoms. The van der Waals surface area contributed by atoms with E-state index in [1.165, 1.54) is 6.42 Å². The number of aryl methyl sites for hydroxylation is 1. The number of ether oxygens (including phenoxy) is 1. The van der Waals surface area contributed by atoms with Crippen molar-refractivity contribution in [3.63, 3.8) is 0 Å². The lowest BCUT2D eigenvalue weighted by Crippen LogP contribution is -2.25. The predicted octanol–water partition coefficient (Wildman–Crippen LogP) is 2.80. The number of benzene rings is 1. The van der Waals surface area contributed by atoms with Crippen LogP contribution in [-0.2, 0) is 17.8 Å². The average molecular weight is 380 g/mol. The van der Waals surface area contributed by atoms with Crippen molar-refractivity contribution in [1.82, 2.24) is 29.2 Å². The lowest BCUT2D eigenvalue weighted by atomic mass is 10.1. The molecule has 0 radical (unpaired) electrons. The van der Waals surface area contributed by atoms with Crippen LogP contribution >= 0.6 is 0 Å². The van der Waals surface area contributed by atoms with Crippen molar-refractivity contribution in [1.29, 1.82) is 0 Å². The third-order valence-corrected chi connectivity index (χ3v) is 5.45. The van der Waals surface area contributed by atoms with Gasteiger partial charge in [-0.05, 0) is 25.8 Å². The summed E-state index contributed by atoms with van der Waals surface area (Å²) in [5.41, 5.74) is 3.13. The van der Waals surface area contributed by atoms with E-state index in [2.05, 4.69) is 38.6 Å². The van der Waals surface area contributed by atoms with Crippen molar-refractivity contribution >= 4 is 0 Å². The average Bonchev–Trinajstić information content (AvgIpc) is 3.46. The van der Waals surface area contributed by atoms with Crippen molar-refractivity contribution in [2.45, 2.75) is 26.4 Å². The van der Waals surface area contributed by atoms with Crippen molar-refractivity contribution in [2.75, 3.05) is 33.4 Å². The first-order chi connectivity index (χ1) is 13.8. The van der Waals surface area contributed by atoms with E-state index in [9.17, 15) is 0 Å². The largest absolute Gasteiger partial charge is 0.383 e. The smallest absolute Gasteiger partial charge is 0.177 e. The summed E-state index contributed by atoms with van der Waals surface area (Å²) >= 11 is 0. The summed E-state index contributed by atoms with van der Waals surface area (Å²) in [7, 11) is 1.76. The Morgan fingerprint density at radius 1 is 1.18 bits per heavy atom. The van der Waals surface area contributed by atoms with E-state index in [1.807, 2.05) is 29.2 Å². The summed E-state index contributed by atoms with van der Waals surface area (Å²) in [4.78, 5) is 11.8. The van der Waals surface area contributed by atoms with Gasteiger partial charge in [-0.1, -0.05) is 30.3 Å². The van der Waals surface area contributed by atoms with E-state index in [0.717, 1.165) is 62.1 Å². The van der Waals surface area contributed by atoms with Crippen LogP contribution in [0.1, 0.15) is 13.3 Å². The SMILES string of the molecule is CCn1ncnc1-c1c(-c2ccccc2)ncn1C[C@H]1CCN(CCOC)C1. The highest BCUT2D eigenvalue weighted by molar-refractivity contribution is 5.75. The van der Waals surface area contributed by atoms with E-state index < -0.39 is 0 Å². The number of hydrogen-bond acceptors (Lipinski definition) is 5. The second-order valence-electron chi connectivity index (χ2n) is 7.31. The minimum Gasteiger partial charge on any atom is -0.383 e. The Kier molecular flexibility index (Phi) is 5.83. The molecule has 4 rings (SSSR count). The predicted molar refractivity (Wildman–Crippen MR) is 109 cm³/mol. The molecule has 1 aliphatic heterocycles. The molecule has 1 saturated heterocycles. The summed E-state index contributed by atoms with van der Waals surface area (Å²) < 4.78 is 9.44. The molecule has 1 aliphatic rings. The summed E-state index contributed by atoms with van der Waals surface area (Å²) in [5.74, 6) is 1.49. The Morgan fingerprint density at radius 2 is 2.04 bits per heavy atom. The van der Waals surface area contributed by atoms with Crippen molar-refractivity contribution in [3.05, 3.63) is 43.0 Å². The summed E-state index contributed by atoms with van der Waals surface area (Å²) in [6.45, 7) is 7.84. The Bertz CT molecular complexity index is 887. The first-order valence-corrected chi connectivity index (χ1v) is 10.00. The maximum Gasteiger partial charge on any atom is 0.177 e. The molecule has 7 nitrogen and oxygen atoms in total. The molecule has 0 aliphatic carbocycles. The lowest BCUT2D eigenvalue weighted by molar-refractivity contribution is 0.158. The normalized spacial score (nSPS) is 17.4. The maximum absolute atomic E-state index is 5.23. The number of likely N-dealkylation sites (tertiary alicyclic amines) is 1. The molecule has 1 aromatic carbocycles. The quantitative estimate of drug-likeness (QED) is 0.601. The first kappa shape index (κ1) is 18.8. The first-order valence-electron chi connectivity index (χ1n) is 10.00. The Labute approximate surface area is 166 Å². The maximum atomic E-state index is 5.23. The van der Waals surface area contributed by atoms with E-state index >= 15 is 0 Å². The fraction of sp³-hybridized carbons (Fsp3) is 0.476. The second kappa shape index (κ2) is 8.67. The number of hydrogen-bond donors (Lipinski definition) is 0. The third-order valence-electron chi connectivity index (χ3n) is 5.45. The molecule has 1 fully saturated rings. The van der Waals surface area contributed by atoms with E-state index in [-0.39, 0.29) is 0 Å². The molecule has 2 aromatic heterocycles. The zero-order chi connectivity index (χ0) is 19.3. The van der Waals surface area contributed by atoms with Crippen LogP contribution in [0.15, 0.2) is 43.0 Å². The van der Waals surface area contributed by atoms with E-state index in [1.54, 1.807) is 13.4 Å². The van der Waals surface area contributed by atoms with E-state index in [4.69, 9.17) is 9.72 Å². The molecular formula is C21H28N6O. The molecule has 0 spiro atoms. The summed E-state index contributed by atoms with van der Waals surface area (Å²) in [6.07, 6.45) is 4.79. The van der Waals surface area contributed by atoms with Gasteiger partial charge in [0.15, 0.2) is 5.82 Å². The monoisotopic (exact) mass is 380 g/mol. The highest BCUT2D eigenvalue weighted by Crippen LogP contribution is 2.31.